The van der Waals surface area contributed by atoms with Crippen LogP contribution < -0.4 is 4.31 Å². The molecule has 0 N–H and O–H groups in total. The van der Waals surface area contributed by atoms with Crippen molar-refractivity contribution in [2.75, 3.05) is 10.6 Å². The van der Waals surface area contributed by atoms with E-state index in [4.69, 9.17) is 0 Å². The lowest BCUT2D eigenvalue weighted by Gasteiger charge is -2.39. The first-order valence-electron chi connectivity index (χ1n) is 9.63. The van der Waals surface area contributed by atoms with Crippen LogP contribution in [0, 0.1) is 0 Å². The number of anilines is 1. The Bertz CT molecular complexity index is 1340. The lowest BCUT2D eigenvalue weighted by atomic mass is 9.69. The molecule has 0 radical (unpaired) electrons. The van der Waals surface area contributed by atoms with Gasteiger partial charge in [-0.15, -0.1) is 0 Å². The molecule has 5 heteroatoms. The van der Waals surface area contributed by atoms with Crippen LogP contribution in [0.15, 0.2) is 96.7 Å². The van der Waals surface area contributed by atoms with Crippen LogP contribution >= 0.6 is 0 Å². The molecule has 0 fully saturated rings. The van der Waals surface area contributed by atoms with E-state index in [2.05, 4.69) is 0 Å². The molecule has 0 bridgehead atoms. The van der Waals surface area contributed by atoms with Gasteiger partial charge < -0.3 is 0 Å². The number of nitrogens with zero attached hydrogens (tertiary/aromatic N) is 1. The molecular formula is C25H19NO3S. The van der Waals surface area contributed by atoms with Crippen molar-refractivity contribution < 1.29 is 13.2 Å². The summed E-state index contributed by atoms with van der Waals surface area (Å²) in [5, 5.41) is 0. The normalized spacial score (nSPS) is 19.4. The molecule has 30 heavy (non-hydrogen) atoms. The van der Waals surface area contributed by atoms with Gasteiger partial charge in [0.05, 0.1) is 23.1 Å². The number of carbonyl (C=O) groups is 1. The van der Waals surface area contributed by atoms with E-state index in [1.165, 1.54) is 10.6 Å². The zero-order valence-electron chi connectivity index (χ0n) is 16.3. The average Bonchev–Trinajstić information content (AvgIpc) is 3.05. The minimum Gasteiger partial charge on any atom is -0.289 e. The van der Waals surface area contributed by atoms with E-state index in [1.807, 2.05) is 72.8 Å². The number of ketones is 1. The maximum Gasteiger partial charge on any atom is 0.236 e. The second-order valence-electron chi connectivity index (χ2n) is 7.53. The van der Waals surface area contributed by atoms with Gasteiger partial charge in [0, 0.05) is 5.56 Å². The van der Waals surface area contributed by atoms with Crippen molar-refractivity contribution in [2.24, 2.45) is 0 Å². The molecule has 2 aliphatic carbocycles. The van der Waals surface area contributed by atoms with Crippen LogP contribution in [0.3, 0.4) is 0 Å². The van der Waals surface area contributed by atoms with Gasteiger partial charge in [0.15, 0.2) is 5.78 Å². The molecular weight excluding hydrogens is 394 g/mol. The second kappa shape index (κ2) is 6.54. The number of hydrogen-bond donors (Lipinski definition) is 0. The topological polar surface area (TPSA) is 54.5 Å². The van der Waals surface area contributed by atoms with Crippen molar-refractivity contribution in [1.82, 2.24) is 0 Å². The van der Waals surface area contributed by atoms with Gasteiger partial charge in [-0.05, 0) is 41.0 Å². The van der Waals surface area contributed by atoms with E-state index in [-0.39, 0.29) is 5.78 Å². The molecule has 148 valence electrons. The maximum absolute atomic E-state index is 13.1. The van der Waals surface area contributed by atoms with Crippen LogP contribution in [0.4, 0.5) is 5.69 Å². The van der Waals surface area contributed by atoms with Crippen LogP contribution in [0.1, 0.15) is 27.0 Å². The van der Waals surface area contributed by atoms with Gasteiger partial charge in [-0.3, -0.25) is 4.79 Å². The molecule has 4 nitrogen and oxygen atoms in total. The minimum absolute atomic E-state index is 0.0782. The molecule has 0 unspecified atom stereocenters. The Labute approximate surface area is 175 Å². The first-order chi connectivity index (χ1) is 14.4. The molecule has 3 aromatic rings. The Balaban J connectivity index is 1.87. The molecule has 0 saturated heterocycles. The summed E-state index contributed by atoms with van der Waals surface area (Å²) >= 11 is 0. The van der Waals surface area contributed by atoms with Crippen molar-refractivity contribution in [2.45, 2.75) is 5.41 Å². The van der Waals surface area contributed by atoms with Gasteiger partial charge >= 0.3 is 0 Å². The standard InChI is InChI=1S/C25H19NO3S/c1-30(28,29)26(19-10-3-2-4-11-19)24-17-18-9-5-7-13-21(18)25(24)16-15-23(27)20-12-6-8-14-22(20)25/h2-17H,1H3/t25-/m0/s1. The largest absolute Gasteiger partial charge is 0.289 e. The number of rotatable bonds is 3. The molecule has 0 saturated carbocycles. The monoisotopic (exact) mass is 413 g/mol. The lowest BCUT2D eigenvalue weighted by Crippen LogP contribution is -2.41. The average molecular weight is 413 g/mol. The summed E-state index contributed by atoms with van der Waals surface area (Å²) in [6.07, 6.45) is 6.53. The number of fused-ring (bicyclic) bond motifs is 4. The van der Waals surface area contributed by atoms with Crippen LogP contribution in [-0.2, 0) is 15.4 Å². The van der Waals surface area contributed by atoms with Gasteiger partial charge in [0.2, 0.25) is 10.0 Å². The quantitative estimate of drug-likeness (QED) is 0.633. The molecule has 0 amide bonds. The Morgan fingerprint density at radius 2 is 1.43 bits per heavy atom. The molecule has 0 aromatic heterocycles. The fourth-order valence-electron chi connectivity index (χ4n) is 4.55. The zero-order chi connectivity index (χ0) is 20.9. The summed E-state index contributed by atoms with van der Waals surface area (Å²) in [5.41, 5.74) is 3.55. The first-order valence-corrected chi connectivity index (χ1v) is 11.5. The highest BCUT2D eigenvalue weighted by molar-refractivity contribution is 7.92. The van der Waals surface area contributed by atoms with Crippen molar-refractivity contribution in [3.8, 4) is 0 Å². The van der Waals surface area contributed by atoms with E-state index in [0.717, 1.165) is 16.7 Å². The highest BCUT2D eigenvalue weighted by Crippen LogP contribution is 2.52. The summed E-state index contributed by atoms with van der Waals surface area (Å²) in [6.45, 7) is 0. The predicted octanol–water partition coefficient (Wildman–Crippen LogP) is 4.55. The van der Waals surface area contributed by atoms with Crippen molar-refractivity contribution in [3.05, 3.63) is 119 Å². The number of allylic oxidation sites excluding steroid dienone is 2. The molecule has 1 spiro atoms. The van der Waals surface area contributed by atoms with Crippen LogP contribution in [0.25, 0.3) is 6.08 Å². The van der Waals surface area contributed by atoms with E-state index < -0.39 is 15.4 Å². The summed E-state index contributed by atoms with van der Waals surface area (Å²) in [6, 6.07) is 24.3. The summed E-state index contributed by atoms with van der Waals surface area (Å²) in [7, 11) is -3.66. The van der Waals surface area contributed by atoms with Crippen LogP contribution in [0.2, 0.25) is 0 Å². The fourth-order valence-corrected chi connectivity index (χ4v) is 5.61. The predicted molar refractivity (Wildman–Crippen MR) is 119 cm³/mol. The Hall–Kier alpha value is -3.44. The highest BCUT2D eigenvalue weighted by atomic mass is 32.2. The maximum atomic E-state index is 13.1. The summed E-state index contributed by atoms with van der Waals surface area (Å²) in [4.78, 5) is 12.6. The van der Waals surface area contributed by atoms with Gasteiger partial charge in [-0.1, -0.05) is 72.8 Å². The molecule has 1 atom stereocenters. The van der Waals surface area contributed by atoms with Gasteiger partial charge in [-0.2, -0.15) is 0 Å². The minimum atomic E-state index is -3.66. The van der Waals surface area contributed by atoms with Gasteiger partial charge in [0.1, 0.15) is 0 Å². The number of sulfonamides is 1. The molecule has 0 aliphatic heterocycles. The van der Waals surface area contributed by atoms with Crippen LogP contribution in [-0.4, -0.2) is 20.5 Å². The molecule has 3 aromatic carbocycles. The van der Waals surface area contributed by atoms with Crippen LogP contribution in [0.5, 0.6) is 0 Å². The van der Waals surface area contributed by atoms with E-state index in [1.54, 1.807) is 24.3 Å². The molecule has 5 rings (SSSR count). The number of hydrogen-bond acceptors (Lipinski definition) is 3. The van der Waals surface area contributed by atoms with Crippen molar-refractivity contribution in [1.29, 1.82) is 0 Å². The third-order valence-corrected chi connectivity index (χ3v) is 6.80. The third kappa shape index (κ3) is 2.59. The second-order valence-corrected chi connectivity index (χ2v) is 9.36. The Kier molecular flexibility index (Phi) is 4.05. The summed E-state index contributed by atoms with van der Waals surface area (Å²) < 4.78 is 27.5. The Morgan fingerprint density at radius 3 is 2.17 bits per heavy atom. The Morgan fingerprint density at radius 1 is 0.800 bits per heavy atom. The van der Waals surface area contributed by atoms with Crippen molar-refractivity contribution in [3.63, 3.8) is 0 Å². The van der Waals surface area contributed by atoms with E-state index >= 15 is 0 Å². The fraction of sp³-hybridized carbons (Fsp3) is 0.0800. The van der Waals surface area contributed by atoms with E-state index in [0.29, 0.717) is 16.9 Å². The SMILES string of the molecule is CS(=O)(=O)N(C1=Cc2ccccc2[C@]12C=CC(=O)c1ccccc12)c1ccccc1. The number of carbonyl (C=O) groups excluding carboxylic acids is 1. The molecule has 2 aliphatic rings. The summed E-state index contributed by atoms with van der Waals surface area (Å²) in [5.74, 6) is -0.0782. The first kappa shape index (κ1) is 18.6. The van der Waals surface area contributed by atoms with Crippen molar-refractivity contribution >= 4 is 27.6 Å². The third-order valence-electron chi connectivity index (χ3n) is 5.73. The number of benzene rings is 3. The highest BCUT2D eigenvalue weighted by Gasteiger charge is 2.48. The molecule has 0 heterocycles. The smallest absolute Gasteiger partial charge is 0.236 e. The van der Waals surface area contributed by atoms with Gasteiger partial charge in [0.25, 0.3) is 0 Å². The van der Waals surface area contributed by atoms with Gasteiger partial charge in [-0.25, -0.2) is 12.7 Å². The lowest BCUT2D eigenvalue weighted by molar-refractivity contribution is 0.104. The zero-order valence-corrected chi connectivity index (χ0v) is 17.1. The number of para-hydroxylation sites is 1. The van der Waals surface area contributed by atoms with E-state index in [9.17, 15) is 13.2 Å².